The first-order chi connectivity index (χ1) is 11.7. The van der Waals surface area contributed by atoms with Crippen LogP contribution in [0.3, 0.4) is 0 Å². The quantitative estimate of drug-likeness (QED) is 0.615. The Hall–Kier alpha value is -1.71. The number of rotatable bonds is 9. The van der Waals surface area contributed by atoms with Gasteiger partial charge in [-0.2, -0.15) is 0 Å². The summed E-state index contributed by atoms with van der Waals surface area (Å²) >= 11 is 0. The van der Waals surface area contributed by atoms with Gasteiger partial charge in [0.15, 0.2) is 11.5 Å². The number of nitrogens with zero attached hydrogens (tertiary/aromatic N) is 1. The molecule has 0 aliphatic carbocycles. The Morgan fingerprint density at radius 1 is 1.00 bits per heavy atom. The van der Waals surface area contributed by atoms with Gasteiger partial charge in [0.2, 0.25) is 0 Å². The Kier molecular flexibility index (Phi) is 9.40. The summed E-state index contributed by atoms with van der Waals surface area (Å²) in [5, 5.41) is 0. The standard InChI is InChI=1S/C21H29NO2.ClH/c1-5-24-20-15-14-18(16-21(20)23-4)19(22(2)3)13-9-12-17-10-7-6-8-11-17;/h6-8,10-11,14-16,19H,5,9,12-13H2,1-4H3;1H. The third-order valence-electron chi connectivity index (χ3n) is 4.28. The molecule has 0 bridgehead atoms. The molecule has 0 spiro atoms. The fraction of sp³-hybridized carbons (Fsp3) is 0.429. The van der Waals surface area contributed by atoms with Crippen LogP contribution in [0.2, 0.25) is 0 Å². The summed E-state index contributed by atoms with van der Waals surface area (Å²) in [6.45, 7) is 2.63. The molecule has 0 aliphatic heterocycles. The molecular formula is C21H30ClNO2. The monoisotopic (exact) mass is 363 g/mol. The van der Waals surface area contributed by atoms with Crippen molar-refractivity contribution in [2.75, 3.05) is 27.8 Å². The Morgan fingerprint density at radius 3 is 2.32 bits per heavy atom. The summed E-state index contributed by atoms with van der Waals surface area (Å²) < 4.78 is 11.1. The van der Waals surface area contributed by atoms with Crippen molar-refractivity contribution in [2.24, 2.45) is 0 Å². The van der Waals surface area contributed by atoms with Crippen molar-refractivity contribution >= 4 is 12.4 Å². The van der Waals surface area contributed by atoms with Crippen LogP contribution in [0.25, 0.3) is 0 Å². The van der Waals surface area contributed by atoms with Gasteiger partial charge in [-0.15, -0.1) is 12.4 Å². The first-order valence-electron chi connectivity index (χ1n) is 8.66. The van der Waals surface area contributed by atoms with Crippen LogP contribution in [0.5, 0.6) is 11.5 Å². The lowest BCUT2D eigenvalue weighted by atomic mass is 9.98. The second kappa shape index (κ2) is 11.0. The van der Waals surface area contributed by atoms with Gasteiger partial charge >= 0.3 is 0 Å². The van der Waals surface area contributed by atoms with Gasteiger partial charge in [-0.05, 0) is 63.5 Å². The minimum absolute atomic E-state index is 0. The van der Waals surface area contributed by atoms with Gasteiger partial charge in [-0.3, -0.25) is 0 Å². The molecule has 0 N–H and O–H groups in total. The highest BCUT2D eigenvalue weighted by molar-refractivity contribution is 5.85. The molecule has 138 valence electrons. The van der Waals surface area contributed by atoms with E-state index in [9.17, 15) is 0 Å². The zero-order chi connectivity index (χ0) is 17.4. The predicted molar refractivity (Wildman–Crippen MR) is 107 cm³/mol. The number of methoxy groups -OCH3 is 1. The van der Waals surface area contributed by atoms with Crippen LogP contribution < -0.4 is 9.47 Å². The van der Waals surface area contributed by atoms with Crippen LogP contribution in [0.15, 0.2) is 48.5 Å². The predicted octanol–water partition coefficient (Wildman–Crippen LogP) is 5.14. The summed E-state index contributed by atoms with van der Waals surface area (Å²) in [6, 6.07) is 17.3. The molecule has 0 amide bonds. The van der Waals surface area contributed by atoms with Gasteiger partial charge in [-0.25, -0.2) is 0 Å². The average Bonchev–Trinajstić information content (AvgIpc) is 2.60. The Balaban J connectivity index is 0.00000312. The second-order valence-corrected chi connectivity index (χ2v) is 6.20. The molecule has 0 saturated carbocycles. The van der Waals surface area contributed by atoms with Crippen LogP contribution in [-0.2, 0) is 6.42 Å². The summed E-state index contributed by atoms with van der Waals surface area (Å²) in [5.41, 5.74) is 2.67. The molecule has 2 aromatic rings. The summed E-state index contributed by atoms with van der Waals surface area (Å²) in [5.74, 6) is 1.62. The van der Waals surface area contributed by atoms with Gasteiger partial charge in [0.25, 0.3) is 0 Å². The minimum Gasteiger partial charge on any atom is -0.493 e. The summed E-state index contributed by atoms with van der Waals surface area (Å²) in [6.07, 6.45) is 3.38. The number of hydrogen-bond donors (Lipinski definition) is 0. The summed E-state index contributed by atoms with van der Waals surface area (Å²) in [7, 11) is 5.97. The van der Waals surface area contributed by atoms with Crippen molar-refractivity contribution in [2.45, 2.75) is 32.2 Å². The van der Waals surface area contributed by atoms with Gasteiger partial charge in [0.05, 0.1) is 13.7 Å². The van der Waals surface area contributed by atoms with Crippen LogP contribution in [0.1, 0.15) is 36.9 Å². The van der Waals surface area contributed by atoms with E-state index in [1.807, 2.05) is 13.0 Å². The molecule has 2 aromatic carbocycles. The Labute approximate surface area is 158 Å². The number of halogens is 1. The largest absolute Gasteiger partial charge is 0.493 e. The maximum absolute atomic E-state index is 5.62. The molecule has 0 radical (unpaired) electrons. The lowest BCUT2D eigenvalue weighted by molar-refractivity contribution is 0.276. The van der Waals surface area contributed by atoms with Crippen LogP contribution in [0.4, 0.5) is 0 Å². The van der Waals surface area contributed by atoms with E-state index < -0.39 is 0 Å². The molecule has 2 rings (SSSR count). The minimum atomic E-state index is 0. The maximum atomic E-state index is 5.62. The third kappa shape index (κ3) is 6.26. The smallest absolute Gasteiger partial charge is 0.161 e. The van der Waals surface area contributed by atoms with Gasteiger partial charge in [-0.1, -0.05) is 36.4 Å². The molecule has 0 saturated heterocycles. The Bertz CT molecular complexity index is 617. The van der Waals surface area contributed by atoms with E-state index in [0.29, 0.717) is 12.6 Å². The third-order valence-corrected chi connectivity index (χ3v) is 4.28. The molecule has 25 heavy (non-hydrogen) atoms. The fourth-order valence-corrected chi connectivity index (χ4v) is 3.03. The van der Waals surface area contributed by atoms with Crippen LogP contribution >= 0.6 is 12.4 Å². The molecular weight excluding hydrogens is 334 g/mol. The SMILES string of the molecule is CCOc1ccc(C(CCCc2ccccc2)N(C)C)cc1OC.Cl. The number of aryl methyl sites for hydroxylation is 1. The van der Waals surface area contributed by atoms with E-state index in [-0.39, 0.29) is 12.4 Å². The molecule has 1 atom stereocenters. The van der Waals surface area contributed by atoms with Crippen LogP contribution in [-0.4, -0.2) is 32.7 Å². The van der Waals surface area contributed by atoms with Crippen molar-refractivity contribution in [3.05, 3.63) is 59.7 Å². The highest BCUT2D eigenvalue weighted by Gasteiger charge is 2.16. The lowest BCUT2D eigenvalue weighted by Gasteiger charge is -2.25. The zero-order valence-electron chi connectivity index (χ0n) is 15.7. The van der Waals surface area contributed by atoms with E-state index in [0.717, 1.165) is 30.8 Å². The number of benzene rings is 2. The highest BCUT2D eigenvalue weighted by Crippen LogP contribution is 2.33. The molecule has 0 aromatic heterocycles. The van der Waals surface area contributed by atoms with Crippen LogP contribution in [0, 0.1) is 0 Å². The normalized spacial score (nSPS) is 11.7. The van der Waals surface area contributed by atoms with E-state index >= 15 is 0 Å². The van der Waals surface area contributed by atoms with Crippen molar-refractivity contribution < 1.29 is 9.47 Å². The van der Waals surface area contributed by atoms with E-state index in [4.69, 9.17) is 9.47 Å². The molecule has 0 fully saturated rings. The second-order valence-electron chi connectivity index (χ2n) is 6.20. The van der Waals surface area contributed by atoms with E-state index in [1.54, 1.807) is 7.11 Å². The molecule has 3 nitrogen and oxygen atoms in total. The maximum Gasteiger partial charge on any atom is 0.161 e. The van der Waals surface area contributed by atoms with Gasteiger partial charge < -0.3 is 14.4 Å². The molecule has 0 heterocycles. The van der Waals surface area contributed by atoms with Crippen molar-refractivity contribution in [3.63, 3.8) is 0 Å². The highest BCUT2D eigenvalue weighted by atomic mass is 35.5. The molecule has 0 aliphatic rings. The molecule has 1 unspecified atom stereocenters. The average molecular weight is 364 g/mol. The van der Waals surface area contributed by atoms with Gasteiger partial charge in [0.1, 0.15) is 0 Å². The van der Waals surface area contributed by atoms with E-state index in [1.165, 1.54) is 11.1 Å². The number of ether oxygens (including phenoxy) is 2. The molecule has 4 heteroatoms. The van der Waals surface area contributed by atoms with Gasteiger partial charge in [0, 0.05) is 6.04 Å². The van der Waals surface area contributed by atoms with Crippen molar-refractivity contribution in [1.82, 2.24) is 4.90 Å². The lowest BCUT2D eigenvalue weighted by Crippen LogP contribution is -2.20. The van der Waals surface area contributed by atoms with E-state index in [2.05, 4.69) is 61.5 Å². The number of hydrogen-bond acceptors (Lipinski definition) is 3. The van der Waals surface area contributed by atoms with Crippen molar-refractivity contribution in [3.8, 4) is 11.5 Å². The fourth-order valence-electron chi connectivity index (χ4n) is 3.03. The zero-order valence-corrected chi connectivity index (χ0v) is 16.5. The first-order valence-corrected chi connectivity index (χ1v) is 8.66. The Morgan fingerprint density at radius 2 is 1.72 bits per heavy atom. The topological polar surface area (TPSA) is 21.7 Å². The van der Waals surface area contributed by atoms with Crippen molar-refractivity contribution in [1.29, 1.82) is 0 Å². The summed E-state index contributed by atoms with van der Waals surface area (Å²) in [4.78, 5) is 2.28. The first kappa shape index (κ1) is 21.3.